The van der Waals surface area contributed by atoms with E-state index >= 15 is 0 Å². The molecule has 1 unspecified atom stereocenters. The zero-order chi connectivity index (χ0) is 13.5. The fourth-order valence-corrected chi connectivity index (χ4v) is 3.26. The van der Waals surface area contributed by atoms with Crippen molar-refractivity contribution >= 4 is 0 Å². The molecule has 1 atom stereocenters. The Morgan fingerprint density at radius 3 is 2.68 bits per heavy atom. The van der Waals surface area contributed by atoms with Crippen molar-refractivity contribution < 1.29 is 0 Å². The number of hydrogen-bond acceptors (Lipinski definition) is 2. The SMILES string of the molecule is CCCn1cc(C(CC2CCCCCC2)NC)cn1. The summed E-state index contributed by atoms with van der Waals surface area (Å²) in [6, 6.07) is 0.480. The van der Waals surface area contributed by atoms with Crippen LogP contribution in [-0.4, -0.2) is 16.8 Å². The molecule has 0 aliphatic heterocycles. The van der Waals surface area contributed by atoms with Crippen LogP contribution in [-0.2, 0) is 6.54 Å². The van der Waals surface area contributed by atoms with E-state index in [0.29, 0.717) is 6.04 Å². The van der Waals surface area contributed by atoms with Crippen molar-refractivity contribution in [2.45, 2.75) is 70.9 Å². The Labute approximate surface area is 117 Å². The zero-order valence-electron chi connectivity index (χ0n) is 12.6. The van der Waals surface area contributed by atoms with E-state index in [1.165, 1.54) is 50.5 Å². The zero-order valence-corrected chi connectivity index (χ0v) is 12.6. The highest BCUT2D eigenvalue weighted by molar-refractivity contribution is 5.10. The van der Waals surface area contributed by atoms with E-state index < -0.39 is 0 Å². The summed E-state index contributed by atoms with van der Waals surface area (Å²) in [5, 5.41) is 7.95. The van der Waals surface area contributed by atoms with Crippen LogP contribution in [0.3, 0.4) is 0 Å². The number of aromatic nitrogens is 2. The van der Waals surface area contributed by atoms with Crippen LogP contribution in [0.5, 0.6) is 0 Å². The van der Waals surface area contributed by atoms with Crippen LogP contribution < -0.4 is 5.32 Å². The van der Waals surface area contributed by atoms with Crippen molar-refractivity contribution in [2.24, 2.45) is 5.92 Å². The van der Waals surface area contributed by atoms with Crippen LogP contribution in [0.1, 0.15) is 69.9 Å². The Hall–Kier alpha value is -0.830. The third kappa shape index (κ3) is 4.34. The highest BCUT2D eigenvalue weighted by Gasteiger charge is 2.19. The van der Waals surface area contributed by atoms with Gasteiger partial charge in [0.1, 0.15) is 0 Å². The highest BCUT2D eigenvalue weighted by Crippen LogP contribution is 2.30. The van der Waals surface area contributed by atoms with Crippen molar-refractivity contribution in [2.75, 3.05) is 7.05 Å². The van der Waals surface area contributed by atoms with Gasteiger partial charge in [-0.3, -0.25) is 4.68 Å². The van der Waals surface area contributed by atoms with Gasteiger partial charge in [-0.25, -0.2) is 0 Å². The maximum atomic E-state index is 4.46. The quantitative estimate of drug-likeness (QED) is 0.789. The maximum absolute atomic E-state index is 4.46. The molecular formula is C16H29N3. The maximum Gasteiger partial charge on any atom is 0.0537 e. The number of aryl methyl sites for hydroxylation is 1. The second kappa shape index (κ2) is 7.68. The van der Waals surface area contributed by atoms with E-state index in [-0.39, 0.29) is 0 Å². The Morgan fingerprint density at radius 2 is 2.05 bits per heavy atom. The first-order chi connectivity index (χ1) is 9.33. The number of nitrogens with zero attached hydrogens (tertiary/aromatic N) is 2. The first-order valence-corrected chi connectivity index (χ1v) is 8.03. The van der Waals surface area contributed by atoms with E-state index in [9.17, 15) is 0 Å². The molecule has 0 bridgehead atoms. The lowest BCUT2D eigenvalue weighted by Crippen LogP contribution is -2.19. The number of nitrogens with one attached hydrogen (secondary N) is 1. The van der Waals surface area contributed by atoms with Gasteiger partial charge < -0.3 is 5.32 Å². The summed E-state index contributed by atoms with van der Waals surface area (Å²) < 4.78 is 2.08. The Bertz CT molecular complexity index is 351. The van der Waals surface area contributed by atoms with E-state index in [1.54, 1.807) is 0 Å². The summed E-state index contributed by atoms with van der Waals surface area (Å²) >= 11 is 0. The van der Waals surface area contributed by atoms with Gasteiger partial charge in [-0.05, 0) is 25.8 Å². The van der Waals surface area contributed by atoms with Crippen LogP contribution in [0, 0.1) is 5.92 Å². The second-order valence-corrected chi connectivity index (χ2v) is 5.97. The fraction of sp³-hybridized carbons (Fsp3) is 0.812. The van der Waals surface area contributed by atoms with Gasteiger partial charge in [-0.2, -0.15) is 5.10 Å². The fourth-order valence-electron chi connectivity index (χ4n) is 3.26. The van der Waals surface area contributed by atoms with E-state index in [1.807, 2.05) is 6.20 Å². The van der Waals surface area contributed by atoms with Gasteiger partial charge in [0.25, 0.3) is 0 Å². The molecule has 0 spiro atoms. The summed E-state index contributed by atoms with van der Waals surface area (Å²) in [7, 11) is 2.08. The van der Waals surface area contributed by atoms with Crippen LogP contribution in [0.25, 0.3) is 0 Å². The van der Waals surface area contributed by atoms with Crippen molar-refractivity contribution in [3.8, 4) is 0 Å². The van der Waals surface area contributed by atoms with Gasteiger partial charge in [-0.1, -0.05) is 45.4 Å². The topological polar surface area (TPSA) is 29.9 Å². The van der Waals surface area contributed by atoms with Crippen LogP contribution in [0.4, 0.5) is 0 Å². The first-order valence-electron chi connectivity index (χ1n) is 8.03. The molecule has 3 nitrogen and oxygen atoms in total. The molecule has 1 aliphatic rings. The molecule has 0 amide bonds. The molecule has 1 aromatic heterocycles. The molecule has 1 heterocycles. The van der Waals surface area contributed by atoms with E-state index in [0.717, 1.165) is 18.9 Å². The molecular weight excluding hydrogens is 234 g/mol. The molecule has 1 aromatic rings. The average molecular weight is 263 g/mol. The van der Waals surface area contributed by atoms with Gasteiger partial charge in [0.05, 0.1) is 6.20 Å². The molecule has 1 saturated carbocycles. The molecule has 0 aromatic carbocycles. The minimum atomic E-state index is 0.480. The molecule has 19 heavy (non-hydrogen) atoms. The smallest absolute Gasteiger partial charge is 0.0537 e. The van der Waals surface area contributed by atoms with E-state index in [2.05, 4.69) is 35.3 Å². The Morgan fingerprint density at radius 1 is 1.32 bits per heavy atom. The summed E-state index contributed by atoms with van der Waals surface area (Å²) in [5.74, 6) is 0.898. The number of hydrogen-bond donors (Lipinski definition) is 1. The lowest BCUT2D eigenvalue weighted by molar-refractivity contribution is 0.368. The van der Waals surface area contributed by atoms with Crippen molar-refractivity contribution in [3.63, 3.8) is 0 Å². The number of rotatable bonds is 6. The summed E-state index contributed by atoms with van der Waals surface area (Å²) in [6.07, 6.45) is 15.3. The molecule has 108 valence electrons. The predicted molar refractivity (Wildman–Crippen MR) is 80.1 cm³/mol. The normalized spacial score (nSPS) is 19.3. The molecule has 1 fully saturated rings. The monoisotopic (exact) mass is 263 g/mol. The summed E-state index contributed by atoms with van der Waals surface area (Å²) in [4.78, 5) is 0. The minimum Gasteiger partial charge on any atom is -0.313 e. The molecule has 3 heteroatoms. The summed E-state index contributed by atoms with van der Waals surface area (Å²) in [6.45, 7) is 3.22. The van der Waals surface area contributed by atoms with Crippen LogP contribution in [0.15, 0.2) is 12.4 Å². The Balaban J connectivity index is 1.93. The van der Waals surface area contributed by atoms with E-state index in [4.69, 9.17) is 0 Å². The molecule has 0 radical (unpaired) electrons. The third-order valence-corrected chi connectivity index (χ3v) is 4.40. The minimum absolute atomic E-state index is 0.480. The van der Waals surface area contributed by atoms with Crippen molar-refractivity contribution in [1.29, 1.82) is 0 Å². The summed E-state index contributed by atoms with van der Waals surface area (Å²) in [5.41, 5.74) is 1.36. The average Bonchev–Trinajstić information content (AvgIpc) is 2.73. The van der Waals surface area contributed by atoms with Gasteiger partial charge >= 0.3 is 0 Å². The van der Waals surface area contributed by atoms with Gasteiger partial charge in [0.15, 0.2) is 0 Å². The highest BCUT2D eigenvalue weighted by atomic mass is 15.3. The standard InChI is InChI=1S/C16H29N3/c1-3-10-19-13-15(12-18-19)16(17-2)11-14-8-6-4-5-7-9-14/h12-14,16-17H,3-11H2,1-2H3. The lowest BCUT2D eigenvalue weighted by Gasteiger charge is -2.21. The van der Waals surface area contributed by atoms with Crippen LogP contribution in [0.2, 0.25) is 0 Å². The second-order valence-electron chi connectivity index (χ2n) is 5.97. The molecule has 1 aliphatic carbocycles. The first kappa shape index (κ1) is 14.6. The third-order valence-electron chi connectivity index (χ3n) is 4.40. The molecule has 1 N–H and O–H groups in total. The molecule has 0 saturated heterocycles. The van der Waals surface area contributed by atoms with Gasteiger partial charge in [0, 0.05) is 24.3 Å². The van der Waals surface area contributed by atoms with Gasteiger partial charge in [-0.15, -0.1) is 0 Å². The van der Waals surface area contributed by atoms with Crippen molar-refractivity contribution in [1.82, 2.24) is 15.1 Å². The Kier molecular flexibility index (Phi) is 5.90. The predicted octanol–water partition coefficient (Wildman–Crippen LogP) is 3.91. The van der Waals surface area contributed by atoms with Gasteiger partial charge in [0.2, 0.25) is 0 Å². The van der Waals surface area contributed by atoms with Crippen molar-refractivity contribution in [3.05, 3.63) is 18.0 Å². The largest absolute Gasteiger partial charge is 0.313 e. The molecule has 2 rings (SSSR count). The van der Waals surface area contributed by atoms with Crippen LogP contribution >= 0.6 is 0 Å². The lowest BCUT2D eigenvalue weighted by atomic mass is 9.90.